The van der Waals surface area contributed by atoms with Crippen LogP contribution in [0.3, 0.4) is 0 Å². The predicted octanol–water partition coefficient (Wildman–Crippen LogP) is 2.33. The minimum absolute atomic E-state index is 0.0698. The van der Waals surface area contributed by atoms with E-state index in [1.807, 2.05) is 0 Å². The molecule has 0 saturated carbocycles. The summed E-state index contributed by atoms with van der Waals surface area (Å²) in [7, 11) is 0. The van der Waals surface area contributed by atoms with Crippen molar-refractivity contribution in [2.45, 2.75) is 30.3 Å². The highest BCUT2D eigenvalue weighted by Crippen LogP contribution is 2.22. The predicted molar refractivity (Wildman–Crippen MR) is 75.8 cm³/mol. The van der Waals surface area contributed by atoms with Crippen molar-refractivity contribution in [1.29, 1.82) is 0 Å². The Balaban J connectivity index is 2.82. The van der Waals surface area contributed by atoms with Crippen molar-refractivity contribution < 1.29 is 14.8 Å². The Morgan fingerprint density at radius 3 is 2.35 bits per heavy atom. The van der Waals surface area contributed by atoms with Gasteiger partial charge in [-0.25, -0.2) is 0 Å². The van der Waals surface area contributed by atoms with Crippen molar-refractivity contribution >= 4 is 34.8 Å². The number of nitro benzene ring substituents is 1. The summed E-state index contributed by atoms with van der Waals surface area (Å²) in [5, 5.41) is 23.2. The number of benzene rings is 1. The maximum absolute atomic E-state index is 11.4. The van der Waals surface area contributed by atoms with Crippen LogP contribution in [0.4, 0.5) is 5.69 Å². The fraction of sp³-hybridized carbons (Fsp3) is 0.417. The first-order valence-corrected chi connectivity index (χ1v) is 6.75. The zero-order valence-electron chi connectivity index (χ0n) is 10.6. The van der Waals surface area contributed by atoms with Gasteiger partial charge in [0, 0.05) is 12.1 Å². The lowest BCUT2D eigenvalue weighted by Gasteiger charge is -2.23. The average molecular weight is 321 g/mol. The van der Waals surface area contributed by atoms with Crippen LogP contribution in [0.1, 0.15) is 25.0 Å². The molecule has 1 aromatic carbocycles. The van der Waals surface area contributed by atoms with Gasteiger partial charge >= 0.3 is 0 Å². The van der Waals surface area contributed by atoms with E-state index in [0.717, 1.165) is 0 Å². The maximum atomic E-state index is 11.4. The number of hydrogen-bond acceptors (Lipinski definition) is 4. The van der Waals surface area contributed by atoms with Crippen molar-refractivity contribution in [3.05, 3.63) is 39.9 Å². The van der Waals surface area contributed by atoms with Gasteiger partial charge in [0.05, 0.1) is 17.1 Å². The number of nitro groups is 1. The second kappa shape index (κ2) is 7.42. The van der Waals surface area contributed by atoms with Crippen molar-refractivity contribution in [2.75, 3.05) is 0 Å². The molecular formula is C12H14Cl2N2O4. The minimum atomic E-state index is -1.21. The van der Waals surface area contributed by atoms with E-state index in [2.05, 4.69) is 5.32 Å². The first kappa shape index (κ1) is 16.7. The summed E-state index contributed by atoms with van der Waals surface area (Å²) < 4.78 is 0. The molecule has 6 nitrogen and oxygen atoms in total. The summed E-state index contributed by atoms with van der Waals surface area (Å²) >= 11 is 10.9. The zero-order valence-corrected chi connectivity index (χ0v) is 12.1. The molecule has 2 atom stereocenters. The van der Waals surface area contributed by atoms with Gasteiger partial charge in [-0.05, 0) is 24.1 Å². The average Bonchev–Trinajstić information content (AvgIpc) is 2.43. The van der Waals surface area contributed by atoms with E-state index in [-0.39, 0.29) is 5.69 Å². The topological polar surface area (TPSA) is 92.5 Å². The molecule has 0 bridgehead atoms. The fourth-order valence-electron chi connectivity index (χ4n) is 1.68. The van der Waals surface area contributed by atoms with Gasteiger partial charge in [0.2, 0.25) is 0 Å². The molecule has 0 aliphatic heterocycles. The smallest absolute Gasteiger partial charge is 0.269 e. The number of non-ortho nitro benzene ring substituents is 1. The van der Waals surface area contributed by atoms with Crippen LogP contribution in [0.5, 0.6) is 0 Å². The molecule has 8 heteroatoms. The number of amides is 1. The molecule has 110 valence electrons. The minimum Gasteiger partial charge on any atom is -0.386 e. The Hall–Kier alpha value is -1.37. The Labute approximate surface area is 125 Å². The molecule has 0 aliphatic carbocycles. The fourth-order valence-corrected chi connectivity index (χ4v) is 1.80. The second-order valence-electron chi connectivity index (χ2n) is 4.12. The van der Waals surface area contributed by atoms with Gasteiger partial charge in [-0.1, -0.05) is 30.1 Å². The third kappa shape index (κ3) is 4.33. The van der Waals surface area contributed by atoms with Gasteiger partial charge in [-0.3, -0.25) is 14.9 Å². The van der Waals surface area contributed by atoms with E-state index in [1.165, 1.54) is 24.3 Å². The van der Waals surface area contributed by atoms with E-state index >= 15 is 0 Å². The normalized spacial score (nSPS) is 13.8. The van der Waals surface area contributed by atoms with E-state index in [9.17, 15) is 20.0 Å². The number of aliphatic hydroxyl groups excluding tert-OH is 1. The lowest BCUT2D eigenvalue weighted by molar-refractivity contribution is -0.384. The van der Waals surface area contributed by atoms with Crippen LogP contribution in [-0.4, -0.2) is 26.8 Å². The highest BCUT2D eigenvalue weighted by atomic mass is 35.5. The molecular weight excluding hydrogens is 307 g/mol. The summed E-state index contributed by atoms with van der Waals surface area (Å²) in [6.07, 6.45) is -0.554. The van der Waals surface area contributed by atoms with E-state index in [4.69, 9.17) is 23.2 Å². The quantitative estimate of drug-likeness (QED) is 0.478. The lowest BCUT2D eigenvalue weighted by Crippen LogP contribution is -2.41. The number of nitrogens with zero attached hydrogens (tertiary/aromatic N) is 1. The number of alkyl halides is 2. The Kier molecular flexibility index (Phi) is 6.19. The van der Waals surface area contributed by atoms with Gasteiger partial charge in [-0.15, -0.1) is 0 Å². The zero-order chi connectivity index (χ0) is 15.3. The van der Waals surface area contributed by atoms with Crippen LogP contribution in [-0.2, 0) is 4.79 Å². The SMILES string of the molecule is CC[C@@H](NC(=O)C(Cl)Cl)[C@H](O)c1ccc([N+](=O)[O-])cc1. The molecule has 0 fully saturated rings. The molecule has 0 saturated heterocycles. The van der Waals surface area contributed by atoms with Gasteiger partial charge in [-0.2, -0.15) is 0 Å². The molecule has 0 heterocycles. The number of nitrogens with one attached hydrogen (secondary N) is 1. The summed E-state index contributed by atoms with van der Waals surface area (Å²) in [5.41, 5.74) is 0.392. The van der Waals surface area contributed by atoms with Crippen molar-refractivity contribution in [2.24, 2.45) is 0 Å². The van der Waals surface area contributed by atoms with E-state index in [0.29, 0.717) is 12.0 Å². The highest BCUT2D eigenvalue weighted by Gasteiger charge is 2.24. The molecule has 1 aromatic rings. The molecule has 0 unspecified atom stereocenters. The molecule has 20 heavy (non-hydrogen) atoms. The number of hydrogen-bond donors (Lipinski definition) is 2. The van der Waals surface area contributed by atoms with Crippen LogP contribution in [0, 0.1) is 10.1 Å². The number of halogens is 2. The van der Waals surface area contributed by atoms with Crippen molar-refractivity contribution in [3.63, 3.8) is 0 Å². The molecule has 0 radical (unpaired) electrons. The van der Waals surface area contributed by atoms with Gasteiger partial charge < -0.3 is 10.4 Å². The second-order valence-corrected chi connectivity index (χ2v) is 5.21. The number of carbonyl (C=O) groups is 1. The molecule has 2 N–H and O–H groups in total. The first-order valence-electron chi connectivity index (χ1n) is 5.87. The maximum Gasteiger partial charge on any atom is 0.269 e. The van der Waals surface area contributed by atoms with E-state index < -0.39 is 27.8 Å². The lowest BCUT2D eigenvalue weighted by atomic mass is 10.00. The standard InChI is InChI=1S/C12H14Cl2N2O4/c1-2-9(15-12(18)11(13)14)10(17)7-3-5-8(6-4-7)16(19)20/h3-6,9-11,17H,2H2,1H3,(H,15,18)/t9-,10-/m1/s1. The van der Waals surface area contributed by atoms with Crippen molar-refractivity contribution in [3.8, 4) is 0 Å². The number of carbonyl (C=O) groups excluding carboxylic acids is 1. The summed E-state index contributed by atoms with van der Waals surface area (Å²) in [4.78, 5) is 20.2. The molecule has 1 amide bonds. The van der Waals surface area contributed by atoms with Crippen LogP contribution in [0.25, 0.3) is 0 Å². The van der Waals surface area contributed by atoms with Crippen LogP contribution in [0.2, 0.25) is 0 Å². The number of rotatable bonds is 6. The summed E-state index contributed by atoms with van der Waals surface area (Å²) in [6, 6.07) is 4.88. The van der Waals surface area contributed by atoms with Gasteiger partial charge in [0.1, 0.15) is 0 Å². The molecule has 0 aromatic heterocycles. The summed E-state index contributed by atoms with van der Waals surface area (Å²) in [5.74, 6) is -0.596. The van der Waals surface area contributed by atoms with Crippen LogP contribution in [0.15, 0.2) is 24.3 Å². The Morgan fingerprint density at radius 2 is 1.95 bits per heavy atom. The molecule has 1 rings (SSSR count). The van der Waals surface area contributed by atoms with Gasteiger partial charge in [0.15, 0.2) is 4.84 Å². The highest BCUT2D eigenvalue weighted by molar-refractivity contribution is 6.53. The first-order chi connectivity index (χ1) is 9.36. The largest absolute Gasteiger partial charge is 0.386 e. The Morgan fingerprint density at radius 1 is 1.40 bits per heavy atom. The van der Waals surface area contributed by atoms with Crippen LogP contribution < -0.4 is 5.32 Å². The third-order valence-electron chi connectivity index (χ3n) is 2.79. The van der Waals surface area contributed by atoms with Crippen LogP contribution >= 0.6 is 23.2 Å². The van der Waals surface area contributed by atoms with E-state index in [1.54, 1.807) is 6.92 Å². The molecule has 0 aliphatic rings. The summed E-state index contributed by atoms with van der Waals surface area (Å²) in [6.45, 7) is 1.77. The molecule has 0 spiro atoms. The number of aliphatic hydroxyl groups is 1. The monoisotopic (exact) mass is 320 g/mol. The third-order valence-corrected chi connectivity index (χ3v) is 3.19. The Bertz CT molecular complexity index is 479. The van der Waals surface area contributed by atoms with Gasteiger partial charge in [0.25, 0.3) is 11.6 Å². The van der Waals surface area contributed by atoms with Crippen molar-refractivity contribution in [1.82, 2.24) is 5.32 Å².